The zero-order valence-corrected chi connectivity index (χ0v) is 11.0. The van der Waals surface area contributed by atoms with E-state index < -0.39 is 0 Å². The monoisotopic (exact) mass is 272 g/mol. The van der Waals surface area contributed by atoms with Crippen LogP contribution in [0.15, 0.2) is 42.5 Å². The standard InChI is InChI=1S/C15H13ClN2O/c16-15-9-14(6-3-12(15)10-18)19-13-4-1-11(2-5-13)7-8-17/h1-6,9H,7-8,17H2. The van der Waals surface area contributed by atoms with Crippen molar-refractivity contribution < 1.29 is 4.74 Å². The SMILES string of the molecule is N#Cc1ccc(Oc2ccc(CCN)cc2)cc1Cl. The molecule has 0 heterocycles. The van der Waals surface area contributed by atoms with E-state index >= 15 is 0 Å². The molecule has 0 aliphatic rings. The van der Waals surface area contributed by atoms with Crippen LogP contribution in [0.2, 0.25) is 5.02 Å². The average Bonchev–Trinajstić information content (AvgIpc) is 2.42. The fraction of sp³-hybridized carbons (Fsp3) is 0.133. The fourth-order valence-electron chi connectivity index (χ4n) is 1.68. The van der Waals surface area contributed by atoms with Crippen molar-refractivity contribution in [2.75, 3.05) is 6.54 Å². The van der Waals surface area contributed by atoms with E-state index in [1.54, 1.807) is 18.2 Å². The van der Waals surface area contributed by atoms with Crippen LogP contribution in [-0.2, 0) is 6.42 Å². The highest BCUT2D eigenvalue weighted by Crippen LogP contribution is 2.26. The second-order valence-corrected chi connectivity index (χ2v) is 4.45. The van der Waals surface area contributed by atoms with Crippen LogP contribution in [-0.4, -0.2) is 6.54 Å². The zero-order chi connectivity index (χ0) is 13.7. The van der Waals surface area contributed by atoms with Gasteiger partial charge in [-0.1, -0.05) is 23.7 Å². The summed E-state index contributed by atoms with van der Waals surface area (Å²) in [7, 11) is 0. The van der Waals surface area contributed by atoms with Gasteiger partial charge in [0.05, 0.1) is 10.6 Å². The molecule has 0 saturated heterocycles. The lowest BCUT2D eigenvalue weighted by Crippen LogP contribution is -2.02. The van der Waals surface area contributed by atoms with E-state index in [4.69, 9.17) is 27.3 Å². The van der Waals surface area contributed by atoms with E-state index in [2.05, 4.69) is 0 Å². The summed E-state index contributed by atoms with van der Waals surface area (Å²) in [6.45, 7) is 0.630. The molecule has 2 N–H and O–H groups in total. The lowest BCUT2D eigenvalue weighted by molar-refractivity contribution is 0.482. The van der Waals surface area contributed by atoms with E-state index in [0.717, 1.165) is 12.2 Å². The molecule has 0 fully saturated rings. The Bertz CT molecular complexity index is 603. The Hall–Kier alpha value is -2.02. The number of benzene rings is 2. The van der Waals surface area contributed by atoms with Gasteiger partial charge in [0.2, 0.25) is 0 Å². The molecule has 2 aromatic carbocycles. The van der Waals surface area contributed by atoms with Gasteiger partial charge < -0.3 is 10.5 Å². The van der Waals surface area contributed by atoms with Gasteiger partial charge in [-0.3, -0.25) is 0 Å². The van der Waals surface area contributed by atoms with E-state index in [1.807, 2.05) is 30.3 Å². The number of ether oxygens (including phenoxy) is 1. The summed E-state index contributed by atoms with van der Waals surface area (Å²) in [5.74, 6) is 1.33. The molecule has 0 aliphatic heterocycles. The molecule has 96 valence electrons. The molecular formula is C15H13ClN2O. The van der Waals surface area contributed by atoms with Gasteiger partial charge in [-0.05, 0) is 42.8 Å². The fourth-order valence-corrected chi connectivity index (χ4v) is 1.89. The number of nitrogens with zero attached hydrogens (tertiary/aromatic N) is 1. The molecule has 0 unspecified atom stereocenters. The minimum absolute atomic E-state index is 0.389. The average molecular weight is 273 g/mol. The maximum atomic E-state index is 8.79. The van der Waals surface area contributed by atoms with E-state index in [0.29, 0.717) is 22.9 Å². The number of nitrogens with two attached hydrogens (primary N) is 1. The number of halogens is 1. The molecule has 0 bridgehead atoms. The Balaban J connectivity index is 2.13. The van der Waals surface area contributed by atoms with Crippen molar-refractivity contribution in [1.82, 2.24) is 0 Å². The minimum atomic E-state index is 0.389. The first-order valence-corrected chi connectivity index (χ1v) is 6.27. The zero-order valence-electron chi connectivity index (χ0n) is 10.3. The summed E-state index contributed by atoms with van der Waals surface area (Å²) in [5, 5.41) is 9.18. The summed E-state index contributed by atoms with van der Waals surface area (Å²) in [6, 6.07) is 14.7. The summed E-state index contributed by atoms with van der Waals surface area (Å²) >= 11 is 5.95. The molecule has 0 spiro atoms. The molecule has 0 atom stereocenters. The molecule has 2 rings (SSSR count). The van der Waals surface area contributed by atoms with Gasteiger partial charge in [-0.2, -0.15) is 5.26 Å². The Labute approximate surface area is 117 Å². The van der Waals surface area contributed by atoms with Gasteiger partial charge in [-0.15, -0.1) is 0 Å². The molecular weight excluding hydrogens is 260 g/mol. The van der Waals surface area contributed by atoms with Crippen LogP contribution in [0.1, 0.15) is 11.1 Å². The van der Waals surface area contributed by atoms with Crippen LogP contribution in [0.4, 0.5) is 0 Å². The normalized spacial score (nSPS) is 9.95. The first-order valence-electron chi connectivity index (χ1n) is 5.89. The van der Waals surface area contributed by atoms with Crippen molar-refractivity contribution in [2.24, 2.45) is 5.73 Å². The molecule has 3 nitrogen and oxygen atoms in total. The molecule has 0 radical (unpaired) electrons. The van der Waals surface area contributed by atoms with Gasteiger partial charge >= 0.3 is 0 Å². The summed E-state index contributed by atoms with van der Waals surface area (Å²) in [5.41, 5.74) is 7.11. The summed E-state index contributed by atoms with van der Waals surface area (Å²) in [6.07, 6.45) is 0.850. The highest BCUT2D eigenvalue weighted by Gasteiger charge is 2.03. The second kappa shape index (κ2) is 6.24. The van der Waals surface area contributed by atoms with Gasteiger partial charge in [0.1, 0.15) is 17.6 Å². The number of nitriles is 1. The van der Waals surface area contributed by atoms with Crippen molar-refractivity contribution in [3.05, 3.63) is 58.6 Å². The topological polar surface area (TPSA) is 59.0 Å². The van der Waals surface area contributed by atoms with Gasteiger partial charge in [0.15, 0.2) is 0 Å². The molecule has 0 aromatic heterocycles. The van der Waals surface area contributed by atoms with Crippen LogP contribution in [0.3, 0.4) is 0 Å². The van der Waals surface area contributed by atoms with Crippen LogP contribution in [0.25, 0.3) is 0 Å². The van der Waals surface area contributed by atoms with Crippen LogP contribution in [0, 0.1) is 11.3 Å². The molecule has 4 heteroatoms. The van der Waals surface area contributed by atoms with Gasteiger partial charge in [0.25, 0.3) is 0 Å². The third-order valence-corrected chi connectivity index (χ3v) is 2.97. The van der Waals surface area contributed by atoms with Gasteiger partial charge in [0, 0.05) is 6.07 Å². The predicted molar refractivity (Wildman–Crippen MR) is 75.4 cm³/mol. The molecule has 0 saturated carbocycles. The maximum absolute atomic E-state index is 8.79. The van der Waals surface area contributed by atoms with E-state index in [-0.39, 0.29) is 0 Å². The predicted octanol–water partition coefficient (Wildman–Crippen LogP) is 3.51. The molecule has 0 aliphatic carbocycles. The number of hydrogen-bond donors (Lipinski definition) is 1. The van der Waals surface area contributed by atoms with Crippen LogP contribution >= 0.6 is 11.6 Å². The van der Waals surface area contributed by atoms with E-state index in [1.165, 1.54) is 5.56 Å². The Morgan fingerprint density at radius 1 is 1.11 bits per heavy atom. The highest BCUT2D eigenvalue weighted by atomic mass is 35.5. The van der Waals surface area contributed by atoms with Crippen LogP contribution < -0.4 is 10.5 Å². The summed E-state index contributed by atoms with van der Waals surface area (Å²) < 4.78 is 5.67. The van der Waals surface area contributed by atoms with Crippen LogP contribution in [0.5, 0.6) is 11.5 Å². The van der Waals surface area contributed by atoms with Crippen molar-refractivity contribution in [1.29, 1.82) is 5.26 Å². The first-order chi connectivity index (χ1) is 9.22. The molecule has 0 amide bonds. The van der Waals surface area contributed by atoms with Gasteiger partial charge in [-0.25, -0.2) is 0 Å². The third-order valence-electron chi connectivity index (χ3n) is 2.65. The smallest absolute Gasteiger partial charge is 0.129 e. The highest BCUT2D eigenvalue weighted by molar-refractivity contribution is 6.31. The maximum Gasteiger partial charge on any atom is 0.129 e. The lowest BCUT2D eigenvalue weighted by atomic mass is 10.1. The Morgan fingerprint density at radius 2 is 1.79 bits per heavy atom. The van der Waals surface area contributed by atoms with Crippen molar-refractivity contribution >= 4 is 11.6 Å². The first kappa shape index (κ1) is 13.4. The quantitative estimate of drug-likeness (QED) is 0.927. The Kier molecular flexibility index (Phi) is 4.40. The number of hydrogen-bond acceptors (Lipinski definition) is 3. The molecule has 19 heavy (non-hydrogen) atoms. The Morgan fingerprint density at radius 3 is 2.37 bits per heavy atom. The van der Waals surface area contributed by atoms with Crippen molar-refractivity contribution in [3.63, 3.8) is 0 Å². The largest absolute Gasteiger partial charge is 0.457 e. The van der Waals surface area contributed by atoms with Crippen molar-refractivity contribution in [3.8, 4) is 17.6 Å². The third kappa shape index (κ3) is 3.47. The number of rotatable bonds is 4. The van der Waals surface area contributed by atoms with E-state index in [9.17, 15) is 0 Å². The summed E-state index contributed by atoms with van der Waals surface area (Å²) in [4.78, 5) is 0. The second-order valence-electron chi connectivity index (χ2n) is 4.04. The van der Waals surface area contributed by atoms with Crippen molar-refractivity contribution in [2.45, 2.75) is 6.42 Å². The molecule has 2 aromatic rings. The lowest BCUT2D eigenvalue weighted by Gasteiger charge is -2.07. The minimum Gasteiger partial charge on any atom is -0.457 e.